The molecule has 7 nitrogen and oxygen atoms in total. The summed E-state index contributed by atoms with van der Waals surface area (Å²) in [5.41, 5.74) is 1.56. The molecule has 0 saturated heterocycles. The highest BCUT2D eigenvalue weighted by atomic mass is 32.2. The summed E-state index contributed by atoms with van der Waals surface area (Å²) in [4.78, 5) is 0. The molecular formula is C12H14N4O3S. The molecule has 20 heavy (non-hydrogen) atoms. The van der Waals surface area contributed by atoms with Gasteiger partial charge in [-0.2, -0.15) is 8.42 Å². The van der Waals surface area contributed by atoms with Crippen molar-refractivity contribution in [3.63, 3.8) is 0 Å². The second kappa shape index (κ2) is 4.48. The molecule has 1 aliphatic rings. The number of hydrogen-bond acceptors (Lipinski definition) is 5. The molecule has 0 amide bonds. The van der Waals surface area contributed by atoms with E-state index < -0.39 is 10.0 Å². The zero-order valence-corrected chi connectivity index (χ0v) is 12.0. The van der Waals surface area contributed by atoms with Gasteiger partial charge in [0.25, 0.3) is 10.0 Å². The van der Waals surface area contributed by atoms with Gasteiger partial charge in [0.15, 0.2) is 5.03 Å². The predicted octanol–water partition coefficient (Wildman–Crippen LogP) is 0.711. The van der Waals surface area contributed by atoms with Crippen LogP contribution in [0, 0.1) is 6.92 Å². The van der Waals surface area contributed by atoms with Crippen molar-refractivity contribution in [2.24, 2.45) is 7.05 Å². The number of sulfonamides is 1. The summed E-state index contributed by atoms with van der Waals surface area (Å²) >= 11 is 0. The highest BCUT2D eigenvalue weighted by Crippen LogP contribution is 2.35. The lowest BCUT2D eigenvalue weighted by Gasteiger charge is -2.30. The molecule has 0 bridgehead atoms. The highest BCUT2D eigenvalue weighted by molar-refractivity contribution is 7.92. The van der Waals surface area contributed by atoms with Gasteiger partial charge in [-0.25, -0.2) is 4.68 Å². The van der Waals surface area contributed by atoms with Gasteiger partial charge in [-0.1, -0.05) is 11.3 Å². The molecule has 1 aromatic heterocycles. The van der Waals surface area contributed by atoms with Crippen LogP contribution in [0.4, 0.5) is 5.69 Å². The third-order valence-corrected chi connectivity index (χ3v) is 5.02. The maximum Gasteiger partial charge on any atom is 0.283 e. The molecule has 3 rings (SSSR count). The van der Waals surface area contributed by atoms with Gasteiger partial charge in [-0.3, -0.25) is 4.31 Å². The first-order chi connectivity index (χ1) is 9.50. The molecule has 0 saturated carbocycles. The third kappa shape index (κ3) is 1.92. The van der Waals surface area contributed by atoms with Crippen LogP contribution < -0.4 is 9.04 Å². The van der Waals surface area contributed by atoms with Crippen LogP contribution in [0.2, 0.25) is 0 Å². The Hall–Kier alpha value is -2.09. The third-order valence-electron chi connectivity index (χ3n) is 3.16. The Kier molecular flexibility index (Phi) is 2.89. The zero-order chi connectivity index (χ0) is 14.3. The van der Waals surface area contributed by atoms with E-state index in [2.05, 4.69) is 10.3 Å². The molecule has 0 fully saturated rings. The van der Waals surface area contributed by atoms with Gasteiger partial charge in [0.1, 0.15) is 12.4 Å². The van der Waals surface area contributed by atoms with E-state index in [0.717, 1.165) is 5.56 Å². The average molecular weight is 294 g/mol. The van der Waals surface area contributed by atoms with Crippen LogP contribution >= 0.6 is 0 Å². The second-order valence-corrected chi connectivity index (χ2v) is 6.40. The molecule has 0 spiro atoms. The fourth-order valence-corrected chi connectivity index (χ4v) is 3.68. The molecule has 0 N–H and O–H groups in total. The summed E-state index contributed by atoms with van der Waals surface area (Å²) in [6.45, 7) is 2.52. The van der Waals surface area contributed by atoms with Crippen LogP contribution in [0.25, 0.3) is 0 Å². The highest BCUT2D eigenvalue weighted by Gasteiger charge is 2.32. The van der Waals surface area contributed by atoms with Crippen molar-refractivity contribution in [3.05, 3.63) is 30.0 Å². The largest absolute Gasteiger partial charge is 0.489 e. The van der Waals surface area contributed by atoms with Gasteiger partial charge in [0.05, 0.1) is 18.4 Å². The number of fused-ring (bicyclic) bond motifs is 1. The maximum absolute atomic E-state index is 12.7. The van der Waals surface area contributed by atoms with Crippen molar-refractivity contribution >= 4 is 15.7 Å². The topological polar surface area (TPSA) is 77.3 Å². The molecular weight excluding hydrogens is 280 g/mol. The Balaban J connectivity index is 2.11. The van der Waals surface area contributed by atoms with E-state index >= 15 is 0 Å². The normalized spacial score (nSPS) is 14.8. The van der Waals surface area contributed by atoms with Gasteiger partial charge < -0.3 is 4.74 Å². The van der Waals surface area contributed by atoms with E-state index in [4.69, 9.17) is 4.74 Å². The fourth-order valence-electron chi connectivity index (χ4n) is 2.18. The number of anilines is 1. The van der Waals surface area contributed by atoms with Gasteiger partial charge in [-0.15, -0.1) is 5.10 Å². The van der Waals surface area contributed by atoms with Crippen molar-refractivity contribution in [1.82, 2.24) is 15.0 Å². The van der Waals surface area contributed by atoms with E-state index in [1.807, 2.05) is 19.1 Å². The van der Waals surface area contributed by atoms with Crippen LogP contribution in [-0.4, -0.2) is 36.6 Å². The first-order valence-corrected chi connectivity index (χ1v) is 7.55. The summed E-state index contributed by atoms with van der Waals surface area (Å²) in [5, 5.41) is 7.37. The van der Waals surface area contributed by atoms with E-state index in [1.165, 1.54) is 15.2 Å². The number of aromatic nitrogens is 3. The first-order valence-electron chi connectivity index (χ1n) is 6.11. The van der Waals surface area contributed by atoms with Crippen molar-refractivity contribution in [2.75, 3.05) is 17.5 Å². The Labute approximate surface area is 116 Å². The summed E-state index contributed by atoms with van der Waals surface area (Å²) in [6, 6.07) is 5.45. The minimum atomic E-state index is -3.68. The lowest BCUT2D eigenvalue weighted by atomic mass is 10.2. The Morgan fingerprint density at radius 2 is 2.15 bits per heavy atom. The Bertz CT molecular complexity index is 754. The van der Waals surface area contributed by atoms with E-state index in [0.29, 0.717) is 18.0 Å². The van der Waals surface area contributed by atoms with E-state index in [9.17, 15) is 8.42 Å². The van der Waals surface area contributed by atoms with Gasteiger partial charge in [0.2, 0.25) is 0 Å². The molecule has 8 heteroatoms. The second-order valence-electron chi connectivity index (χ2n) is 4.59. The molecule has 0 atom stereocenters. The minimum absolute atomic E-state index is 0.0610. The lowest BCUT2D eigenvalue weighted by molar-refractivity contribution is 0.315. The van der Waals surface area contributed by atoms with Crippen molar-refractivity contribution < 1.29 is 13.2 Å². The van der Waals surface area contributed by atoms with E-state index in [1.54, 1.807) is 13.1 Å². The SMILES string of the molecule is Cc1ccc2c(c1)OCCN2S(=O)(=O)c1cnnn1C. The number of aryl methyl sites for hydroxylation is 2. The van der Waals surface area contributed by atoms with Crippen LogP contribution in [0.15, 0.2) is 29.4 Å². The summed E-state index contributed by atoms with van der Waals surface area (Å²) in [5.74, 6) is 0.579. The molecule has 1 aliphatic heterocycles. The quantitative estimate of drug-likeness (QED) is 0.815. The monoisotopic (exact) mass is 294 g/mol. The molecule has 0 unspecified atom stereocenters. The number of rotatable bonds is 2. The Morgan fingerprint density at radius 1 is 1.35 bits per heavy atom. The summed E-state index contributed by atoms with van der Waals surface area (Å²) in [7, 11) is -2.13. The molecule has 0 radical (unpaired) electrons. The molecule has 1 aromatic carbocycles. The lowest BCUT2D eigenvalue weighted by Crippen LogP contribution is -2.38. The van der Waals surface area contributed by atoms with Gasteiger partial charge in [0, 0.05) is 7.05 Å². The van der Waals surface area contributed by atoms with Crippen LogP contribution in [0.1, 0.15) is 5.56 Å². The molecule has 2 aromatic rings. The van der Waals surface area contributed by atoms with Crippen molar-refractivity contribution in [2.45, 2.75) is 11.9 Å². The van der Waals surface area contributed by atoms with Crippen LogP contribution in [0.5, 0.6) is 5.75 Å². The summed E-state index contributed by atoms with van der Waals surface area (Å²) in [6.07, 6.45) is 1.25. The average Bonchev–Trinajstić information content (AvgIpc) is 2.84. The Morgan fingerprint density at radius 3 is 2.85 bits per heavy atom. The number of hydrogen-bond donors (Lipinski definition) is 0. The fraction of sp³-hybridized carbons (Fsp3) is 0.333. The van der Waals surface area contributed by atoms with Crippen molar-refractivity contribution in [1.29, 1.82) is 0 Å². The van der Waals surface area contributed by atoms with Crippen molar-refractivity contribution in [3.8, 4) is 5.75 Å². The predicted molar refractivity (Wildman–Crippen MR) is 72.2 cm³/mol. The standard InChI is InChI=1S/C12H14N4O3S/c1-9-3-4-10-11(7-9)19-6-5-16(10)20(17,18)12-8-13-14-15(12)2/h3-4,7-8H,5-6H2,1-2H3. The van der Waals surface area contributed by atoms with Gasteiger partial charge >= 0.3 is 0 Å². The van der Waals surface area contributed by atoms with Crippen LogP contribution in [0.3, 0.4) is 0 Å². The first kappa shape index (κ1) is 12.9. The zero-order valence-electron chi connectivity index (χ0n) is 11.1. The number of nitrogens with zero attached hydrogens (tertiary/aromatic N) is 4. The minimum Gasteiger partial charge on any atom is -0.489 e. The number of benzene rings is 1. The smallest absolute Gasteiger partial charge is 0.283 e. The summed E-state index contributed by atoms with van der Waals surface area (Å²) < 4.78 is 33.5. The number of ether oxygens (including phenoxy) is 1. The maximum atomic E-state index is 12.7. The molecule has 0 aliphatic carbocycles. The van der Waals surface area contributed by atoms with Crippen LogP contribution in [-0.2, 0) is 17.1 Å². The van der Waals surface area contributed by atoms with E-state index in [-0.39, 0.29) is 11.6 Å². The molecule has 106 valence electrons. The van der Waals surface area contributed by atoms with Gasteiger partial charge in [-0.05, 0) is 24.6 Å². The molecule has 2 heterocycles.